The molecule has 1 N–H and O–H groups in total. The monoisotopic (exact) mass is 359 g/mol. The molecule has 1 amide bonds. The number of hydrogen-bond donors (Lipinski definition) is 1. The van der Waals surface area contributed by atoms with Crippen molar-refractivity contribution in [2.24, 2.45) is 0 Å². The molecule has 26 heavy (non-hydrogen) atoms. The Hall–Kier alpha value is -2.73. The molecule has 0 heterocycles. The van der Waals surface area contributed by atoms with Crippen LogP contribution in [-0.4, -0.2) is 24.9 Å². The number of hydrogen-bond acceptors (Lipinski definition) is 5. The minimum Gasteiger partial charge on any atom is -0.491 e. The van der Waals surface area contributed by atoms with Crippen LogP contribution in [0.2, 0.25) is 0 Å². The zero-order chi connectivity index (χ0) is 18.8. The maximum Gasteiger partial charge on any atom is 0.431 e. The Morgan fingerprint density at radius 3 is 2.31 bits per heavy atom. The Morgan fingerprint density at radius 1 is 0.923 bits per heavy atom. The number of hydroxylamine groups is 1. The van der Waals surface area contributed by atoms with Crippen molar-refractivity contribution in [3.8, 4) is 11.5 Å². The van der Waals surface area contributed by atoms with E-state index in [2.05, 4.69) is 5.48 Å². The van der Waals surface area contributed by atoms with Crippen molar-refractivity contribution in [2.45, 2.75) is 33.0 Å². The van der Waals surface area contributed by atoms with Crippen LogP contribution in [0.4, 0.5) is 4.79 Å². The number of ether oxygens (including phenoxy) is 3. The van der Waals surface area contributed by atoms with Gasteiger partial charge in [-0.15, -0.1) is 0 Å². The van der Waals surface area contributed by atoms with Gasteiger partial charge in [0.1, 0.15) is 36.9 Å². The van der Waals surface area contributed by atoms with Crippen LogP contribution in [0.5, 0.6) is 11.5 Å². The number of carbonyl (C=O) groups is 1. The number of nitrogens with one attached hydrogen (secondary N) is 1. The summed E-state index contributed by atoms with van der Waals surface area (Å²) in [7, 11) is 0. The first kappa shape index (κ1) is 19.6. The summed E-state index contributed by atoms with van der Waals surface area (Å²) in [5, 5.41) is 0. The molecular formula is C20H25NO5. The van der Waals surface area contributed by atoms with Crippen LogP contribution in [0.25, 0.3) is 0 Å². The first-order valence-electron chi connectivity index (χ1n) is 8.43. The van der Waals surface area contributed by atoms with Crippen molar-refractivity contribution in [1.82, 2.24) is 5.48 Å². The fraction of sp³-hybridized carbons (Fsp3) is 0.350. The van der Waals surface area contributed by atoms with Gasteiger partial charge in [0, 0.05) is 6.07 Å². The molecule has 0 radical (unpaired) electrons. The van der Waals surface area contributed by atoms with E-state index in [9.17, 15) is 4.79 Å². The normalized spacial score (nSPS) is 10.9. The van der Waals surface area contributed by atoms with Crippen molar-refractivity contribution in [3.05, 3.63) is 60.2 Å². The molecule has 2 rings (SSSR count). The second kappa shape index (κ2) is 9.68. The average Bonchev–Trinajstić information content (AvgIpc) is 2.59. The topological polar surface area (TPSA) is 66.0 Å². The molecule has 0 aliphatic heterocycles. The van der Waals surface area contributed by atoms with E-state index in [-0.39, 0.29) is 13.2 Å². The van der Waals surface area contributed by atoms with E-state index in [1.807, 2.05) is 54.6 Å². The molecule has 0 saturated heterocycles. The highest BCUT2D eigenvalue weighted by molar-refractivity contribution is 5.66. The molecule has 2 aromatic rings. The van der Waals surface area contributed by atoms with E-state index >= 15 is 0 Å². The Kier molecular flexibility index (Phi) is 7.29. The van der Waals surface area contributed by atoms with Crippen molar-refractivity contribution in [1.29, 1.82) is 0 Å². The molecule has 0 aliphatic carbocycles. The van der Waals surface area contributed by atoms with Crippen LogP contribution in [0.3, 0.4) is 0 Å². The van der Waals surface area contributed by atoms with E-state index in [0.29, 0.717) is 12.4 Å². The summed E-state index contributed by atoms with van der Waals surface area (Å²) in [5.41, 5.74) is 2.74. The average molecular weight is 359 g/mol. The third-order valence-corrected chi connectivity index (χ3v) is 3.06. The predicted molar refractivity (Wildman–Crippen MR) is 98.0 cm³/mol. The van der Waals surface area contributed by atoms with Crippen LogP contribution >= 0.6 is 0 Å². The van der Waals surface area contributed by atoms with Gasteiger partial charge in [-0.05, 0) is 38.5 Å². The van der Waals surface area contributed by atoms with Crippen LogP contribution in [0, 0.1) is 0 Å². The second-order valence-electron chi connectivity index (χ2n) is 6.55. The summed E-state index contributed by atoms with van der Waals surface area (Å²) in [5.74, 6) is 1.38. The summed E-state index contributed by atoms with van der Waals surface area (Å²) in [6.45, 7) is 6.30. The summed E-state index contributed by atoms with van der Waals surface area (Å²) in [6.07, 6.45) is -0.631. The van der Waals surface area contributed by atoms with Gasteiger partial charge in [-0.3, -0.25) is 4.84 Å². The van der Waals surface area contributed by atoms with Crippen molar-refractivity contribution >= 4 is 6.09 Å². The Morgan fingerprint density at radius 2 is 1.62 bits per heavy atom. The zero-order valence-corrected chi connectivity index (χ0v) is 15.4. The van der Waals surface area contributed by atoms with E-state index in [1.54, 1.807) is 20.8 Å². The number of carbonyl (C=O) groups excluding carboxylic acids is 1. The fourth-order valence-corrected chi connectivity index (χ4v) is 2.00. The highest BCUT2D eigenvalue weighted by Gasteiger charge is 2.15. The van der Waals surface area contributed by atoms with E-state index in [0.717, 1.165) is 11.3 Å². The maximum atomic E-state index is 11.4. The first-order chi connectivity index (χ1) is 12.4. The summed E-state index contributed by atoms with van der Waals surface area (Å²) >= 11 is 0. The quantitative estimate of drug-likeness (QED) is 0.568. The lowest BCUT2D eigenvalue weighted by Crippen LogP contribution is -2.33. The molecule has 0 unspecified atom stereocenters. The van der Waals surface area contributed by atoms with Gasteiger partial charge in [0.2, 0.25) is 0 Å². The lowest BCUT2D eigenvalue weighted by molar-refractivity contribution is -0.0144. The van der Waals surface area contributed by atoms with E-state index in [1.165, 1.54) is 0 Å². The van der Waals surface area contributed by atoms with Gasteiger partial charge >= 0.3 is 6.09 Å². The van der Waals surface area contributed by atoms with Gasteiger partial charge in [0.05, 0.1) is 0 Å². The largest absolute Gasteiger partial charge is 0.491 e. The highest BCUT2D eigenvalue weighted by atomic mass is 16.7. The minimum atomic E-state index is -0.631. The summed E-state index contributed by atoms with van der Waals surface area (Å²) in [6, 6.07) is 17.3. The molecule has 0 fully saturated rings. The van der Waals surface area contributed by atoms with Crippen molar-refractivity contribution in [2.75, 3.05) is 13.2 Å². The van der Waals surface area contributed by atoms with Crippen LogP contribution < -0.4 is 15.0 Å². The molecule has 0 spiro atoms. The highest BCUT2D eigenvalue weighted by Crippen LogP contribution is 2.20. The minimum absolute atomic E-state index is 0.189. The first-order valence-corrected chi connectivity index (χ1v) is 8.43. The van der Waals surface area contributed by atoms with Crippen LogP contribution in [-0.2, 0) is 16.2 Å². The van der Waals surface area contributed by atoms with Crippen LogP contribution in [0.15, 0.2) is 54.6 Å². The molecule has 6 heteroatoms. The Bertz CT molecular complexity index is 682. The fourth-order valence-electron chi connectivity index (χ4n) is 2.00. The Balaban J connectivity index is 1.67. The van der Waals surface area contributed by atoms with Crippen molar-refractivity contribution in [3.63, 3.8) is 0 Å². The predicted octanol–water partition coefficient (Wildman–Crippen LogP) is 4.10. The van der Waals surface area contributed by atoms with Gasteiger partial charge < -0.3 is 14.2 Å². The number of rotatable bonds is 8. The van der Waals surface area contributed by atoms with Gasteiger partial charge in [-0.2, -0.15) is 5.48 Å². The number of amides is 1. The molecule has 6 nitrogen and oxygen atoms in total. The van der Waals surface area contributed by atoms with E-state index < -0.39 is 11.7 Å². The van der Waals surface area contributed by atoms with Gasteiger partial charge in [0.15, 0.2) is 0 Å². The lowest BCUT2D eigenvalue weighted by atomic mass is 10.2. The molecule has 0 saturated carbocycles. The smallest absolute Gasteiger partial charge is 0.431 e. The Labute approximate surface area is 154 Å². The molecule has 2 aromatic carbocycles. The zero-order valence-electron chi connectivity index (χ0n) is 15.4. The lowest BCUT2D eigenvalue weighted by Gasteiger charge is -2.19. The number of benzene rings is 2. The summed E-state index contributed by atoms with van der Waals surface area (Å²) in [4.78, 5) is 16.4. The second-order valence-corrected chi connectivity index (χ2v) is 6.55. The molecule has 0 aliphatic rings. The molecule has 140 valence electrons. The van der Waals surface area contributed by atoms with Crippen LogP contribution in [0.1, 0.15) is 26.3 Å². The molecule has 0 aromatic heterocycles. The molecule has 0 bridgehead atoms. The SMILES string of the molecule is CC(C)(C)OC(=O)NOCCOc1cccc(OCc2ccccc2)c1. The third-order valence-electron chi connectivity index (χ3n) is 3.06. The van der Waals surface area contributed by atoms with Crippen molar-refractivity contribution < 1.29 is 23.8 Å². The molecule has 0 atom stereocenters. The van der Waals surface area contributed by atoms with Gasteiger partial charge in [0.25, 0.3) is 0 Å². The molecular weight excluding hydrogens is 334 g/mol. The third kappa shape index (κ3) is 7.90. The summed E-state index contributed by atoms with van der Waals surface area (Å²) < 4.78 is 16.4. The van der Waals surface area contributed by atoms with E-state index in [4.69, 9.17) is 19.0 Å². The standard InChI is InChI=1S/C20H25NO5/c1-20(2,3)26-19(22)21-25-13-12-23-17-10-7-11-18(14-17)24-15-16-8-5-4-6-9-16/h4-11,14H,12-13,15H2,1-3H3,(H,21,22). The van der Waals surface area contributed by atoms with Gasteiger partial charge in [-0.25, -0.2) is 4.79 Å². The van der Waals surface area contributed by atoms with Gasteiger partial charge in [-0.1, -0.05) is 36.4 Å². The maximum absolute atomic E-state index is 11.4.